The number of carbonyl (C=O) groups excluding carboxylic acids is 2. The fourth-order valence-electron chi connectivity index (χ4n) is 7.27. The second-order valence-electron chi connectivity index (χ2n) is 9.63. The van der Waals surface area contributed by atoms with E-state index in [2.05, 4.69) is 26.0 Å². The van der Waals surface area contributed by atoms with Gasteiger partial charge in [-0.2, -0.15) is 0 Å². The van der Waals surface area contributed by atoms with E-state index in [4.69, 9.17) is 4.74 Å². The molecule has 6 atom stereocenters. The van der Waals surface area contributed by atoms with Gasteiger partial charge in [0.15, 0.2) is 12.0 Å². The summed E-state index contributed by atoms with van der Waals surface area (Å²) in [5, 5.41) is 0. The Morgan fingerprint density at radius 2 is 1.96 bits per heavy atom. The van der Waals surface area contributed by atoms with Gasteiger partial charge in [0.1, 0.15) is 0 Å². The van der Waals surface area contributed by atoms with Crippen LogP contribution in [0.4, 0.5) is 0 Å². The predicted octanol–water partition coefficient (Wildman–Crippen LogP) is 5.21. The Bertz CT molecular complexity index is 675. The minimum Gasteiger partial charge on any atom is -0.423 e. The van der Waals surface area contributed by atoms with Crippen molar-refractivity contribution in [1.82, 2.24) is 0 Å². The minimum atomic E-state index is -0.413. The number of hydrogen-bond donors (Lipinski definition) is 0. The lowest BCUT2D eigenvalue weighted by atomic mass is 9.45. The number of hydrogen-bond acceptors (Lipinski definition) is 3. The number of ether oxygens (including phenoxy) is 1. The third kappa shape index (κ3) is 2.53. The number of carbonyl (C=O) groups is 2. The summed E-state index contributed by atoms with van der Waals surface area (Å²) in [6.45, 7) is 6.22. The highest BCUT2D eigenvalue weighted by atomic mass is 16.5. The standard InChI is InChI=1S/C23H32O3/c1-15(25)26-21(14-24)20-10-9-18-17-8-7-16-6-4-5-12-22(16,2)19(17)11-13-23(18,20)3/h9-10,14,16-19H,4-8,11-13H2,1-3H3/t16?,17-,18-,19-,22-,23-/m0/s1. The molecule has 0 radical (unpaired) electrons. The van der Waals surface area contributed by atoms with Crippen molar-refractivity contribution in [3.8, 4) is 0 Å². The van der Waals surface area contributed by atoms with E-state index in [1.54, 1.807) is 0 Å². The minimum absolute atomic E-state index is 0.0648. The van der Waals surface area contributed by atoms with Gasteiger partial charge in [-0.1, -0.05) is 38.8 Å². The molecule has 0 N–H and O–H groups in total. The van der Waals surface area contributed by atoms with E-state index in [-0.39, 0.29) is 11.2 Å². The van der Waals surface area contributed by atoms with Gasteiger partial charge in [0.25, 0.3) is 0 Å². The number of esters is 1. The van der Waals surface area contributed by atoms with Crippen molar-refractivity contribution in [3.05, 3.63) is 23.5 Å². The van der Waals surface area contributed by atoms with Gasteiger partial charge in [0, 0.05) is 17.9 Å². The molecule has 3 saturated carbocycles. The maximum Gasteiger partial charge on any atom is 0.308 e. The van der Waals surface area contributed by atoms with Gasteiger partial charge in [-0.3, -0.25) is 9.59 Å². The molecule has 0 bridgehead atoms. The maximum atomic E-state index is 11.6. The van der Waals surface area contributed by atoms with Crippen LogP contribution in [0.3, 0.4) is 0 Å². The SMILES string of the molecule is CC(=O)OC(C=O)=C1C=C[C@H]2[C@@H]3CCC4CCCC[C@]4(C)[C@H]3CC[C@]12C. The van der Waals surface area contributed by atoms with Crippen LogP contribution in [0, 0.1) is 34.5 Å². The Balaban J connectivity index is 1.66. The van der Waals surface area contributed by atoms with Crippen LogP contribution in [0.2, 0.25) is 0 Å². The summed E-state index contributed by atoms with van der Waals surface area (Å²) in [7, 11) is 0. The summed E-state index contributed by atoms with van der Waals surface area (Å²) in [6.07, 6.45) is 15.7. The van der Waals surface area contributed by atoms with Gasteiger partial charge in [0.2, 0.25) is 0 Å². The highest BCUT2D eigenvalue weighted by Gasteiger charge is 2.57. The van der Waals surface area contributed by atoms with E-state index in [9.17, 15) is 9.59 Å². The van der Waals surface area contributed by atoms with Gasteiger partial charge in [-0.05, 0) is 67.6 Å². The third-order valence-corrected chi connectivity index (χ3v) is 8.55. The largest absolute Gasteiger partial charge is 0.423 e. The van der Waals surface area contributed by atoms with Gasteiger partial charge in [0.05, 0.1) is 0 Å². The van der Waals surface area contributed by atoms with Crippen molar-refractivity contribution in [1.29, 1.82) is 0 Å². The predicted molar refractivity (Wildman–Crippen MR) is 101 cm³/mol. The molecule has 0 saturated heterocycles. The van der Waals surface area contributed by atoms with E-state index < -0.39 is 5.97 Å². The van der Waals surface area contributed by atoms with Crippen molar-refractivity contribution in [2.24, 2.45) is 34.5 Å². The first-order chi connectivity index (χ1) is 12.4. The first kappa shape index (κ1) is 18.0. The lowest BCUT2D eigenvalue weighted by Crippen LogP contribution is -2.52. The average Bonchev–Trinajstić information content (AvgIpc) is 2.96. The molecule has 0 aromatic heterocycles. The molecule has 0 aromatic rings. The number of aldehydes is 1. The molecule has 3 fully saturated rings. The number of rotatable bonds is 2. The fraction of sp³-hybridized carbons (Fsp3) is 0.739. The lowest BCUT2D eigenvalue weighted by molar-refractivity contribution is -0.138. The molecule has 142 valence electrons. The summed E-state index contributed by atoms with van der Waals surface area (Å²) in [5.74, 6) is 2.71. The Morgan fingerprint density at radius 3 is 2.69 bits per heavy atom. The van der Waals surface area contributed by atoms with Crippen molar-refractivity contribution < 1.29 is 14.3 Å². The summed E-state index contributed by atoms with van der Waals surface area (Å²) in [4.78, 5) is 23.0. The lowest BCUT2D eigenvalue weighted by Gasteiger charge is -2.60. The van der Waals surface area contributed by atoms with Crippen LogP contribution in [0.1, 0.15) is 72.1 Å². The second-order valence-corrected chi connectivity index (χ2v) is 9.63. The fourth-order valence-corrected chi connectivity index (χ4v) is 7.27. The van der Waals surface area contributed by atoms with E-state index in [1.165, 1.54) is 51.9 Å². The zero-order chi connectivity index (χ0) is 18.5. The number of fused-ring (bicyclic) bond motifs is 5. The van der Waals surface area contributed by atoms with Crippen LogP contribution in [-0.4, -0.2) is 12.3 Å². The molecule has 4 rings (SSSR count). The van der Waals surface area contributed by atoms with Gasteiger partial charge < -0.3 is 4.74 Å². The zero-order valence-electron chi connectivity index (χ0n) is 16.4. The van der Waals surface area contributed by atoms with Crippen LogP contribution in [-0.2, 0) is 14.3 Å². The summed E-state index contributed by atoms with van der Waals surface area (Å²) in [6, 6.07) is 0. The molecular weight excluding hydrogens is 324 g/mol. The first-order valence-electron chi connectivity index (χ1n) is 10.5. The molecule has 1 unspecified atom stereocenters. The van der Waals surface area contributed by atoms with E-state index in [0.717, 1.165) is 30.1 Å². The molecule has 4 aliphatic rings. The molecule has 0 amide bonds. The third-order valence-electron chi connectivity index (χ3n) is 8.55. The topological polar surface area (TPSA) is 43.4 Å². The molecule has 3 nitrogen and oxygen atoms in total. The van der Waals surface area contributed by atoms with Crippen LogP contribution in [0.25, 0.3) is 0 Å². The van der Waals surface area contributed by atoms with Crippen LogP contribution in [0.15, 0.2) is 23.5 Å². The van der Waals surface area contributed by atoms with Crippen molar-refractivity contribution in [2.45, 2.75) is 72.1 Å². The average molecular weight is 357 g/mol. The normalized spacial score (nSPS) is 46.0. The molecule has 0 spiro atoms. The molecule has 0 aromatic carbocycles. The molecule has 26 heavy (non-hydrogen) atoms. The first-order valence-corrected chi connectivity index (χ1v) is 10.5. The van der Waals surface area contributed by atoms with Crippen LogP contribution < -0.4 is 0 Å². The summed E-state index contributed by atoms with van der Waals surface area (Å²) >= 11 is 0. The molecule has 3 heteroatoms. The molecular formula is C23H32O3. The Morgan fingerprint density at radius 1 is 1.15 bits per heavy atom. The van der Waals surface area contributed by atoms with Gasteiger partial charge >= 0.3 is 5.97 Å². The van der Waals surface area contributed by atoms with Crippen molar-refractivity contribution in [3.63, 3.8) is 0 Å². The van der Waals surface area contributed by atoms with Crippen LogP contribution >= 0.6 is 0 Å². The second kappa shape index (κ2) is 6.35. The Labute approximate surface area is 157 Å². The summed E-state index contributed by atoms with van der Waals surface area (Å²) < 4.78 is 5.26. The van der Waals surface area contributed by atoms with E-state index in [1.807, 2.05) is 0 Å². The molecule has 4 aliphatic carbocycles. The van der Waals surface area contributed by atoms with Crippen molar-refractivity contribution >= 4 is 12.3 Å². The Hall–Kier alpha value is -1.38. The molecule has 0 aliphatic heterocycles. The maximum absolute atomic E-state index is 11.6. The quantitative estimate of drug-likeness (QED) is 0.295. The number of allylic oxidation sites excluding steroid dienone is 4. The zero-order valence-corrected chi connectivity index (χ0v) is 16.4. The summed E-state index contributed by atoms with van der Waals surface area (Å²) in [5.41, 5.74) is 1.39. The van der Waals surface area contributed by atoms with E-state index in [0.29, 0.717) is 17.3 Å². The highest BCUT2D eigenvalue weighted by Crippen LogP contribution is 2.66. The monoisotopic (exact) mass is 356 g/mol. The van der Waals surface area contributed by atoms with Crippen molar-refractivity contribution in [2.75, 3.05) is 0 Å². The smallest absolute Gasteiger partial charge is 0.308 e. The Kier molecular flexibility index (Phi) is 4.40. The van der Waals surface area contributed by atoms with Gasteiger partial charge in [-0.15, -0.1) is 0 Å². The molecule has 0 heterocycles. The van der Waals surface area contributed by atoms with Gasteiger partial charge in [-0.25, -0.2) is 0 Å². The highest BCUT2D eigenvalue weighted by molar-refractivity contribution is 5.80. The van der Waals surface area contributed by atoms with E-state index >= 15 is 0 Å². The van der Waals surface area contributed by atoms with Crippen LogP contribution in [0.5, 0.6) is 0 Å².